The van der Waals surface area contributed by atoms with E-state index < -0.39 is 5.91 Å². The molecule has 0 bridgehead atoms. The van der Waals surface area contributed by atoms with Crippen LogP contribution < -0.4 is 5.73 Å². The Kier molecular flexibility index (Phi) is 3.16. The van der Waals surface area contributed by atoms with Gasteiger partial charge in [0, 0.05) is 16.1 Å². The van der Waals surface area contributed by atoms with Gasteiger partial charge in [0.05, 0.1) is 0 Å². The third-order valence-corrected chi connectivity index (χ3v) is 3.02. The molecule has 0 radical (unpaired) electrons. The van der Waals surface area contributed by atoms with Gasteiger partial charge in [-0.25, -0.2) is 0 Å². The predicted molar refractivity (Wildman–Crippen MR) is 70.1 cm³/mol. The molecule has 17 heavy (non-hydrogen) atoms. The number of carbonyl (C=O) groups is 1. The largest absolute Gasteiger partial charge is 0.366 e. The average molecular weight is 246 g/mol. The van der Waals surface area contributed by atoms with E-state index in [1.807, 2.05) is 31.2 Å². The lowest BCUT2D eigenvalue weighted by Crippen LogP contribution is -2.10. The highest BCUT2D eigenvalue weighted by Crippen LogP contribution is 2.30. The maximum Gasteiger partial charge on any atom is 0.248 e. The smallest absolute Gasteiger partial charge is 0.248 e. The molecule has 2 rings (SSSR count). The Labute approximate surface area is 105 Å². The van der Waals surface area contributed by atoms with Gasteiger partial charge >= 0.3 is 0 Å². The van der Waals surface area contributed by atoms with Crippen LogP contribution in [-0.4, -0.2) is 5.91 Å². The van der Waals surface area contributed by atoms with Crippen molar-refractivity contribution in [2.75, 3.05) is 0 Å². The topological polar surface area (TPSA) is 43.1 Å². The molecule has 0 heterocycles. The van der Waals surface area contributed by atoms with Crippen LogP contribution in [-0.2, 0) is 0 Å². The number of rotatable bonds is 2. The van der Waals surface area contributed by atoms with Crippen LogP contribution in [0.15, 0.2) is 42.5 Å². The monoisotopic (exact) mass is 245 g/mol. The summed E-state index contributed by atoms with van der Waals surface area (Å²) in [5.74, 6) is -0.448. The fourth-order valence-electron chi connectivity index (χ4n) is 1.76. The van der Waals surface area contributed by atoms with Gasteiger partial charge in [-0.05, 0) is 36.2 Å². The normalized spacial score (nSPS) is 10.2. The maximum absolute atomic E-state index is 11.2. The molecule has 0 atom stereocenters. The standard InChI is InChI=1S/C14H12ClNO/c1-9-4-2-3-5-11(9)12-8-10(14(16)17)6-7-13(12)15/h2-8H,1H3,(H2,16,17). The van der Waals surface area contributed by atoms with Crippen molar-refractivity contribution < 1.29 is 4.79 Å². The second-order valence-corrected chi connectivity index (χ2v) is 4.28. The molecule has 3 heteroatoms. The highest BCUT2D eigenvalue weighted by atomic mass is 35.5. The molecule has 86 valence electrons. The number of amides is 1. The molecule has 2 nitrogen and oxygen atoms in total. The van der Waals surface area contributed by atoms with E-state index in [0.29, 0.717) is 10.6 Å². The number of carbonyl (C=O) groups excluding carboxylic acids is 1. The van der Waals surface area contributed by atoms with Crippen molar-refractivity contribution in [3.63, 3.8) is 0 Å². The van der Waals surface area contributed by atoms with Crippen LogP contribution in [0, 0.1) is 6.92 Å². The van der Waals surface area contributed by atoms with E-state index in [1.165, 1.54) is 0 Å². The molecule has 0 fully saturated rings. The SMILES string of the molecule is Cc1ccccc1-c1cc(C(N)=O)ccc1Cl. The van der Waals surface area contributed by atoms with Crippen LogP contribution in [0.2, 0.25) is 5.02 Å². The van der Waals surface area contributed by atoms with Gasteiger partial charge in [0.1, 0.15) is 0 Å². The van der Waals surface area contributed by atoms with Crippen LogP contribution in [0.1, 0.15) is 15.9 Å². The molecule has 2 N–H and O–H groups in total. The Morgan fingerprint density at radius 1 is 1.12 bits per heavy atom. The number of nitrogens with two attached hydrogens (primary N) is 1. The number of hydrogen-bond acceptors (Lipinski definition) is 1. The van der Waals surface area contributed by atoms with Gasteiger partial charge in [-0.2, -0.15) is 0 Å². The average Bonchev–Trinajstić information content (AvgIpc) is 2.30. The van der Waals surface area contributed by atoms with E-state index in [2.05, 4.69) is 0 Å². The van der Waals surface area contributed by atoms with Crippen molar-refractivity contribution in [1.29, 1.82) is 0 Å². The quantitative estimate of drug-likeness (QED) is 0.866. The third kappa shape index (κ3) is 2.32. The fourth-order valence-corrected chi connectivity index (χ4v) is 1.98. The van der Waals surface area contributed by atoms with E-state index >= 15 is 0 Å². The summed E-state index contributed by atoms with van der Waals surface area (Å²) in [7, 11) is 0. The van der Waals surface area contributed by atoms with Crippen LogP contribution in [0.3, 0.4) is 0 Å². The second kappa shape index (κ2) is 4.60. The molecule has 0 spiro atoms. The van der Waals surface area contributed by atoms with Crippen molar-refractivity contribution >= 4 is 17.5 Å². The number of primary amides is 1. The van der Waals surface area contributed by atoms with Crippen LogP contribution >= 0.6 is 11.6 Å². The van der Waals surface area contributed by atoms with Crippen molar-refractivity contribution in [3.8, 4) is 11.1 Å². The lowest BCUT2D eigenvalue weighted by Gasteiger charge is -2.09. The number of benzene rings is 2. The van der Waals surface area contributed by atoms with Crippen molar-refractivity contribution in [2.45, 2.75) is 6.92 Å². The Morgan fingerprint density at radius 3 is 2.47 bits per heavy atom. The molecule has 0 saturated heterocycles. The third-order valence-electron chi connectivity index (χ3n) is 2.69. The minimum atomic E-state index is -0.448. The predicted octanol–water partition coefficient (Wildman–Crippen LogP) is 3.41. The fraction of sp³-hybridized carbons (Fsp3) is 0.0714. The molecule has 2 aromatic rings. The Bertz CT molecular complexity index is 578. The first kappa shape index (κ1) is 11.7. The Morgan fingerprint density at radius 2 is 1.82 bits per heavy atom. The van der Waals surface area contributed by atoms with E-state index in [1.54, 1.807) is 18.2 Å². The molecular weight excluding hydrogens is 234 g/mol. The molecular formula is C14H12ClNO. The number of hydrogen-bond donors (Lipinski definition) is 1. The number of aryl methyl sites for hydroxylation is 1. The highest BCUT2D eigenvalue weighted by molar-refractivity contribution is 6.33. The van der Waals surface area contributed by atoms with Crippen molar-refractivity contribution in [1.82, 2.24) is 0 Å². The summed E-state index contributed by atoms with van der Waals surface area (Å²) in [4.78, 5) is 11.2. The number of halogens is 1. The van der Waals surface area contributed by atoms with E-state index in [9.17, 15) is 4.79 Å². The summed E-state index contributed by atoms with van der Waals surface area (Å²) in [6.45, 7) is 2.00. The molecule has 1 amide bonds. The first-order valence-corrected chi connectivity index (χ1v) is 5.63. The summed E-state index contributed by atoms with van der Waals surface area (Å²) in [5.41, 5.74) is 8.69. The maximum atomic E-state index is 11.2. The minimum Gasteiger partial charge on any atom is -0.366 e. The summed E-state index contributed by atoms with van der Waals surface area (Å²) < 4.78 is 0. The van der Waals surface area contributed by atoms with Gasteiger partial charge in [-0.1, -0.05) is 35.9 Å². The Hall–Kier alpha value is -1.80. The lowest BCUT2D eigenvalue weighted by molar-refractivity contribution is 0.100. The van der Waals surface area contributed by atoms with Gasteiger partial charge in [-0.15, -0.1) is 0 Å². The van der Waals surface area contributed by atoms with Gasteiger partial charge in [0.25, 0.3) is 0 Å². The Balaban J connectivity index is 2.63. The summed E-state index contributed by atoms with van der Waals surface area (Å²) >= 11 is 6.16. The zero-order valence-electron chi connectivity index (χ0n) is 9.41. The zero-order valence-corrected chi connectivity index (χ0v) is 10.2. The van der Waals surface area contributed by atoms with Crippen molar-refractivity contribution in [2.24, 2.45) is 5.73 Å². The summed E-state index contributed by atoms with van der Waals surface area (Å²) in [5, 5.41) is 0.615. The van der Waals surface area contributed by atoms with Gasteiger partial charge < -0.3 is 5.73 Å². The first-order valence-electron chi connectivity index (χ1n) is 5.25. The van der Waals surface area contributed by atoms with E-state index in [4.69, 9.17) is 17.3 Å². The molecule has 0 aliphatic heterocycles. The van der Waals surface area contributed by atoms with E-state index in [-0.39, 0.29) is 0 Å². The van der Waals surface area contributed by atoms with Gasteiger partial charge in [-0.3, -0.25) is 4.79 Å². The highest BCUT2D eigenvalue weighted by Gasteiger charge is 2.09. The molecule has 0 aliphatic rings. The van der Waals surface area contributed by atoms with Gasteiger partial charge in [0.15, 0.2) is 0 Å². The van der Waals surface area contributed by atoms with Crippen LogP contribution in [0.25, 0.3) is 11.1 Å². The lowest BCUT2D eigenvalue weighted by atomic mass is 9.99. The second-order valence-electron chi connectivity index (χ2n) is 3.87. The molecule has 0 aliphatic carbocycles. The molecule has 0 saturated carbocycles. The minimum absolute atomic E-state index is 0.448. The molecule has 0 unspecified atom stereocenters. The van der Waals surface area contributed by atoms with Crippen molar-refractivity contribution in [3.05, 3.63) is 58.6 Å². The van der Waals surface area contributed by atoms with Crippen LogP contribution in [0.4, 0.5) is 0 Å². The first-order chi connectivity index (χ1) is 8.09. The molecule has 2 aromatic carbocycles. The van der Waals surface area contributed by atoms with E-state index in [0.717, 1.165) is 16.7 Å². The van der Waals surface area contributed by atoms with Crippen LogP contribution in [0.5, 0.6) is 0 Å². The zero-order chi connectivity index (χ0) is 12.4. The summed E-state index contributed by atoms with van der Waals surface area (Å²) in [6, 6.07) is 12.9. The summed E-state index contributed by atoms with van der Waals surface area (Å²) in [6.07, 6.45) is 0. The molecule has 0 aromatic heterocycles. The van der Waals surface area contributed by atoms with Gasteiger partial charge in [0.2, 0.25) is 5.91 Å².